The van der Waals surface area contributed by atoms with E-state index in [1.54, 1.807) is 7.11 Å². The average molecular weight is 290 g/mol. The van der Waals surface area contributed by atoms with Gasteiger partial charge in [0.05, 0.1) is 6.61 Å². The molecule has 0 amide bonds. The Hall–Kier alpha value is -0.440. The summed E-state index contributed by atoms with van der Waals surface area (Å²) >= 11 is 12.0. The molecule has 2 nitrogen and oxygen atoms in total. The molecule has 0 radical (unpaired) electrons. The van der Waals surface area contributed by atoms with Crippen molar-refractivity contribution < 1.29 is 4.74 Å². The lowest BCUT2D eigenvalue weighted by Gasteiger charge is -2.28. The lowest BCUT2D eigenvalue weighted by molar-refractivity contribution is 0.204. The van der Waals surface area contributed by atoms with E-state index in [1.165, 1.54) is 0 Å². The van der Waals surface area contributed by atoms with E-state index in [4.69, 9.17) is 27.9 Å². The maximum absolute atomic E-state index is 6.01. The lowest BCUT2D eigenvalue weighted by atomic mass is 10.1. The normalized spacial score (nSPS) is 11.0. The summed E-state index contributed by atoms with van der Waals surface area (Å²) in [5, 5.41) is 0.727. The topological polar surface area (TPSA) is 12.5 Å². The average Bonchev–Trinajstić information content (AvgIpc) is 2.34. The van der Waals surface area contributed by atoms with Crippen LogP contribution < -0.4 is 4.90 Å². The Balaban J connectivity index is 2.95. The molecule has 1 rings (SSSR count). The molecule has 0 spiro atoms. The van der Waals surface area contributed by atoms with Crippen LogP contribution in [0.15, 0.2) is 18.2 Å². The van der Waals surface area contributed by atoms with Crippen LogP contribution in [0.25, 0.3) is 0 Å². The summed E-state index contributed by atoms with van der Waals surface area (Å²) in [7, 11) is 1.72. The largest absolute Gasteiger partial charge is 0.383 e. The van der Waals surface area contributed by atoms with E-state index in [0.29, 0.717) is 18.4 Å². The molecule has 0 N–H and O–H groups in total. The van der Waals surface area contributed by atoms with Crippen LogP contribution in [-0.2, 0) is 10.6 Å². The Morgan fingerprint density at radius 3 is 2.61 bits per heavy atom. The van der Waals surface area contributed by atoms with Crippen molar-refractivity contribution in [1.29, 1.82) is 0 Å². The Morgan fingerprint density at radius 2 is 2.06 bits per heavy atom. The summed E-state index contributed by atoms with van der Waals surface area (Å²) in [6, 6.07) is 5.88. The van der Waals surface area contributed by atoms with Gasteiger partial charge in [-0.1, -0.05) is 25.4 Å². The molecule has 0 atom stereocenters. The highest BCUT2D eigenvalue weighted by molar-refractivity contribution is 6.30. The van der Waals surface area contributed by atoms with Crippen LogP contribution in [-0.4, -0.2) is 26.8 Å². The minimum absolute atomic E-state index is 0.470. The third-order valence-corrected chi connectivity index (χ3v) is 3.20. The molecule has 0 aromatic heterocycles. The van der Waals surface area contributed by atoms with Gasteiger partial charge in [-0.15, -0.1) is 11.6 Å². The maximum atomic E-state index is 6.01. The molecule has 1 aromatic carbocycles. The van der Waals surface area contributed by atoms with Crippen LogP contribution in [0.2, 0.25) is 5.02 Å². The highest BCUT2D eigenvalue weighted by Gasteiger charge is 2.12. The maximum Gasteiger partial charge on any atom is 0.0637 e. The summed E-state index contributed by atoms with van der Waals surface area (Å²) < 4.78 is 5.17. The van der Waals surface area contributed by atoms with Crippen molar-refractivity contribution in [2.24, 2.45) is 5.92 Å². The van der Waals surface area contributed by atoms with Gasteiger partial charge in [-0.3, -0.25) is 0 Å². The molecule has 0 heterocycles. The number of methoxy groups -OCH3 is 1. The summed E-state index contributed by atoms with van der Waals surface area (Å²) in [4.78, 5) is 2.31. The quantitative estimate of drug-likeness (QED) is 0.698. The van der Waals surface area contributed by atoms with E-state index in [9.17, 15) is 0 Å². The molecule has 0 saturated heterocycles. The molecule has 18 heavy (non-hydrogen) atoms. The first kappa shape index (κ1) is 15.6. The summed E-state index contributed by atoms with van der Waals surface area (Å²) in [5.74, 6) is 1.05. The monoisotopic (exact) mass is 289 g/mol. The first-order chi connectivity index (χ1) is 8.58. The zero-order valence-corrected chi connectivity index (χ0v) is 12.8. The summed E-state index contributed by atoms with van der Waals surface area (Å²) in [6.07, 6.45) is 0. The smallest absolute Gasteiger partial charge is 0.0637 e. The van der Waals surface area contributed by atoms with E-state index < -0.39 is 0 Å². The summed E-state index contributed by atoms with van der Waals surface area (Å²) in [5.41, 5.74) is 2.22. The number of hydrogen-bond acceptors (Lipinski definition) is 2. The lowest BCUT2D eigenvalue weighted by Crippen LogP contribution is -2.31. The van der Waals surface area contributed by atoms with Gasteiger partial charge >= 0.3 is 0 Å². The SMILES string of the molecule is COCCN(CC(C)C)c1ccc(Cl)cc1CCl. The number of anilines is 1. The number of rotatable bonds is 7. The first-order valence-electron chi connectivity index (χ1n) is 6.16. The Labute approximate surface area is 120 Å². The van der Waals surface area contributed by atoms with Crippen molar-refractivity contribution in [2.45, 2.75) is 19.7 Å². The van der Waals surface area contributed by atoms with Gasteiger partial charge in [0.2, 0.25) is 0 Å². The van der Waals surface area contributed by atoms with Gasteiger partial charge in [0.25, 0.3) is 0 Å². The number of ether oxygens (including phenoxy) is 1. The van der Waals surface area contributed by atoms with Crippen molar-refractivity contribution in [3.05, 3.63) is 28.8 Å². The van der Waals surface area contributed by atoms with Crippen molar-refractivity contribution in [1.82, 2.24) is 0 Å². The van der Waals surface area contributed by atoms with Gasteiger partial charge in [0, 0.05) is 36.8 Å². The van der Waals surface area contributed by atoms with Crippen LogP contribution in [0.1, 0.15) is 19.4 Å². The molecule has 0 unspecified atom stereocenters. The van der Waals surface area contributed by atoms with E-state index in [2.05, 4.69) is 18.7 Å². The van der Waals surface area contributed by atoms with Crippen LogP contribution in [0, 0.1) is 5.92 Å². The van der Waals surface area contributed by atoms with Gasteiger partial charge in [-0.05, 0) is 29.7 Å². The van der Waals surface area contributed by atoms with Crippen molar-refractivity contribution in [3.8, 4) is 0 Å². The zero-order chi connectivity index (χ0) is 13.5. The van der Waals surface area contributed by atoms with Gasteiger partial charge in [-0.2, -0.15) is 0 Å². The molecular formula is C14H21Cl2NO. The Morgan fingerprint density at radius 1 is 1.33 bits per heavy atom. The fourth-order valence-electron chi connectivity index (χ4n) is 1.92. The number of nitrogens with zero attached hydrogens (tertiary/aromatic N) is 1. The molecule has 4 heteroatoms. The van der Waals surface area contributed by atoms with Crippen LogP contribution in [0.4, 0.5) is 5.69 Å². The van der Waals surface area contributed by atoms with E-state index in [-0.39, 0.29) is 0 Å². The predicted octanol–water partition coefficient (Wildman–Crippen LogP) is 4.19. The second-order valence-electron chi connectivity index (χ2n) is 4.74. The fourth-order valence-corrected chi connectivity index (χ4v) is 2.33. The number of halogens is 2. The number of benzene rings is 1. The van der Waals surface area contributed by atoms with E-state index >= 15 is 0 Å². The van der Waals surface area contributed by atoms with Crippen molar-refractivity contribution in [3.63, 3.8) is 0 Å². The first-order valence-corrected chi connectivity index (χ1v) is 7.08. The molecular weight excluding hydrogens is 269 g/mol. The summed E-state index contributed by atoms with van der Waals surface area (Å²) in [6.45, 7) is 6.96. The third kappa shape index (κ3) is 4.68. The minimum Gasteiger partial charge on any atom is -0.383 e. The standard InChI is InChI=1S/C14H21Cl2NO/c1-11(2)10-17(6-7-18-3)14-5-4-13(16)8-12(14)9-15/h4-5,8,11H,6-7,9-10H2,1-3H3. The van der Waals surface area contributed by atoms with Gasteiger partial charge in [0.15, 0.2) is 0 Å². The van der Waals surface area contributed by atoms with Crippen molar-refractivity contribution in [2.75, 3.05) is 31.7 Å². The van der Waals surface area contributed by atoms with E-state index in [1.807, 2.05) is 18.2 Å². The molecule has 0 aliphatic heterocycles. The zero-order valence-electron chi connectivity index (χ0n) is 11.2. The second kappa shape index (κ2) is 7.88. The Kier molecular flexibility index (Phi) is 6.83. The van der Waals surface area contributed by atoms with Crippen LogP contribution in [0.3, 0.4) is 0 Å². The van der Waals surface area contributed by atoms with E-state index in [0.717, 1.165) is 29.4 Å². The minimum atomic E-state index is 0.470. The van der Waals surface area contributed by atoms with Crippen molar-refractivity contribution >= 4 is 28.9 Å². The van der Waals surface area contributed by atoms with Gasteiger partial charge < -0.3 is 9.64 Å². The second-order valence-corrected chi connectivity index (χ2v) is 5.44. The number of hydrogen-bond donors (Lipinski definition) is 0. The third-order valence-electron chi connectivity index (χ3n) is 2.68. The molecule has 1 aromatic rings. The fraction of sp³-hybridized carbons (Fsp3) is 0.571. The molecule has 102 valence electrons. The molecule has 0 bridgehead atoms. The predicted molar refractivity (Wildman–Crippen MR) is 79.9 cm³/mol. The Bertz CT molecular complexity index is 369. The molecule has 0 fully saturated rings. The highest BCUT2D eigenvalue weighted by Crippen LogP contribution is 2.26. The molecule has 0 aliphatic rings. The molecule has 0 saturated carbocycles. The van der Waals surface area contributed by atoms with Crippen LogP contribution in [0.5, 0.6) is 0 Å². The van der Waals surface area contributed by atoms with Gasteiger partial charge in [0.1, 0.15) is 0 Å². The number of alkyl halides is 1. The van der Waals surface area contributed by atoms with Gasteiger partial charge in [-0.25, -0.2) is 0 Å². The molecule has 0 aliphatic carbocycles. The highest BCUT2D eigenvalue weighted by atomic mass is 35.5. The van der Waals surface area contributed by atoms with Crippen LogP contribution >= 0.6 is 23.2 Å².